The van der Waals surface area contributed by atoms with Gasteiger partial charge in [0.1, 0.15) is 0 Å². The molecule has 3 rings (SSSR count). The summed E-state index contributed by atoms with van der Waals surface area (Å²) in [5.41, 5.74) is 5.52. The number of rotatable bonds is 1. The van der Waals surface area contributed by atoms with Crippen molar-refractivity contribution in [1.82, 2.24) is 0 Å². The summed E-state index contributed by atoms with van der Waals surface area (Å²) in [6, 6.07) is 8.70. The van der Waals surface area contributed by atoms with Crippen molar-refractivity contribution in [3.63, 3.8) is 0 Å². The van der Waals surface area contributed by atoms with Crippen LogP contribution in [0.25, 0.3) is 5.57 Å². The van der Waals surface area contributed by atoms with Gasteiger partial charge in [-0.15, -0.1) is 0 Å². The van der Waals surface area contributed by atoms with Crippen LogP contribution in [0.1, 0.15) is 30.9 Å². The molecule has 0 spiro atoms. The predicted octanol–water partition coefficient (Wildman–Crippen LogP) is 4.47. The second-order valence-electron chi connectivity index (χ2n) is 5.06. The van der Waals surface area contributed by atoms with Crippen LogP contribution in [0.2, 0.25) is 0 Å². The van der Waals surface area contributed by atoms with Gasteiger partial charge in [0.2, 0.25) is 0 Å². The minimum atomic E-state index is 0.213. The van der Waals surface area contributed by atoms with Gasteiger partial charge in [0.15, 0.2) is 0 Å². The van der Waals surface area contributed by atoms with Crippen LogP contribution in [0.15, 0.2) is 40.4 Å². The Morgan fingerprint density at radius 3 is 2.83 bits per heavy atom. The fraction of sp³-hybridized carbons (Fsp3) is 0.375. The Labute approximate surface area is 117 Å². The molecule has 94 valence electrons. The van der Waals surface area contributed by atoms with Crippen molar-refractivity contribution in [2.45, 2.75) is 32.3 Å². The van der Waals surface area contributed by atoms with Crippen LogP contribution in [0.5, 0.6) is 0 Å². The fourth-order valence-corrected chi connectivity index (χ4v) is 3.41. The Hall–Kier alpha value is -0.860. The molecule has 1 atom stereocenters. The molecule has 1 aromatic rings. The molecule has 0 amide bonds. The maximum atomic E-state index is 6.00. The fourth-order valence-electron chi connectivity index (χ4n) is 2.74. The van der Waals surface area contributed by atoms with Crippen molar-refractivity contribution < 1.29 is 4.74 Å². The van der Waals surface area contributed by atoms with E-state index >= 15 is 0 Å². The van der Waals surface area contributed by atoms with Crippen LogP contribution >= 0.6 is 15.9 Å². The zero-order valence-corrected chi connectivity index (χ0v) is 12.2. The molecule has 1 aliphatic carbocycles. The molecule has 0 saturated heterocycles. The Bertz CT molecular complexity index is 528. The highest BCUT2D eigenvalue weighted by Crippen LogP contribution is 2.39. The van der Waals surface area contributed by atoms with Gasteiger partial charge >= 0.3 is 0 Å². The number of halogens is 1. The number of fused-ring (bicyclic) bond motifs is 1. The molecule has 18 heavy (non-hydrogen) atoms. The van der Waals surface area contributed by atoms with Crippen LogP contribution < -0.4 is 0 Å². The Balaban J connectivity index is 1.99. The van der Waals surface area contributed by atoms with E-state index < -0.39 is 0 Å². The maximum Gasteiger partial charge on any atom is 0.0877 e. The van der Waals surface area contributed by atoms with Gasteiger partial charge in [-0.25, -0.2) is 0 Å². The summed E-state index contributed by atoms with van der Waals surface area (Å²) >= 11 is 3.75. The normalized spacial score (nSPS) is 23.7. The molecule has 0 fully saturated rings. The minimum Gasteiger partial charge on any atom is -0.369 e. The van der Waals surface area contributed by atoms with Gasteiger partial charge in [0.25, 0.3) is 0 Å². The highest BCUT2D eigenvalue weighted by molar-refractivity contribution is 9.11. The SMILES string of the molecule is CC1=CCC(C2=C(Br)CCc3ccccc32)OC1. The number of benzene rings is 1. The van der Waals surface area contributed by atoms with Crippen LogP contribution in [-0.2, 0) is 11.2 Å². The van der Waals surface area contributed by atoms with Crippen molar-refractivity contribution in [3.05, 3.63) is 51.5 Å². The molecule has 2 heteroatoms. The molecule has 0 bridgehead atoms. The third-order valence-electron chi connectivity index (χ3n) is 3.73. The first-order chi connectivity index (χ1) is 8.75. The van der Waals surface area contributed by atoms with E-state index in [2.05, 4.69) is 53.2 Å². The third-order valence-corrected chi connectivity index (χ3v) is 4.55. The van der Waals surface area contributed by atoms with Crippen LogP contribution in [-0.4, -0.2) is 12.7 Å². The van der Waals surface area contributed by atoms with Crippen molar-refractivity contribution in [1.29, 1.82) is 0 Å². The Morgan fingerprint density at radius 2 is 2.06 bits per heavy atom. The smallest absolute Gasteiger partial charge is 0.0877 e. The van der Waals surface area contributed by atoms with Gasteiger partial charge in [-0.3, -0.25) is 0 Å². The first-order valence-corrected chi connectivity index (χ1v) is 7.29. The molecular formula is C16H17BrO. The zero-order valence-electron chi connectivity index (χ0n) is 10.6. The van der Waals surface area contributed by atoms with Gasteiger partial charge in [-0.2, -0.15) is 0 Å². The molecule has 1 nitrogen and oxygen atoms in total. The van der Waals surface area contributed by atoms with Crippen LogP contribution in [0.3, 0.4) is 0 Å². The molecule has 1 aromatic carbocycles. The summed E-state index contributed by atoms with van der Waals surface area (Å²) in [6.07, 6.45) is 5.73. The van der Waals surface area contributed by atoms with Gasteiger partial charge in [-0.05, 0) is 42.9 Å². The summed E-state index contributed by atoms with van der Waals surface area (Å²) < 4.78 is 7.32. The first-order valence-electron chi connectivity index (χ1n) is 6.50. The largest absolute Gasteiger partial charge is 0.369 e. The van der Waals surface area contributed by atoms with E-state index in [1.807, 2.05) is 0 Å². The zero-order chi connectivity index (χ0) is 12.5. The summed E-state index contributed by atoms with van der Waals surface area (Å²) in [5.74, 6) is 0. The quantitative estimate of drug-likeness (QED) is 0.695. The lowest BCUT2D eigenvalue weighted by Crippen LogP contribution is -2.22. The Morgan fingerprint density at radius 1 is 1.22 bits per heavy atom. The van der Waals surface area contributed by atoms with E-state index in [1.165, 1.54) is 26.8 Å². The number of ether oxygens (including phenoxy) is 1. The second kappa shape index (κ2) is 5.02. The maximum absolute atomic E-state index is 6.00. The Kier molecular flexibility index (Phi) is 3.40. The molecule has 2 aliphatic rings. The van der Waals surface area contributed by atoms with Crippen molar-refractivity contribution in [3.8, 4) is 0 Å². The third kappa shape index (κ3) is 2.19. The number of aryl methyl sites for hydroxylation is 1. The molecule has 1 unspecified atom stereocenters. The van der Waals surface area contributed by atoms with Crippen molar-refractivity contribution in [2.24, 2.45) is 0 Å². The van der Waals surface area contributed by atoms with E-state index in [-0.39, 0.29) is 6.10 Å². The lowest BCUT2D eigenvalue weighted by molar-refractivity contribution is 0.102. The average Bonchev–Trinajstić information content (AvgIpc) is 2.40. The molecule has 1 aliphatic heterocycles. The molecule has 0 saturated carbocycles. The number of hydrogen-bond acceptors (Lipinski definition) is 1. The highest BCUT2D eigenvalue weighted by Gasteiger charge is 2.26. The summed E-state index contributed by atoms with van der Waals surface area (Å²) in [6.45, 7) is 2.89. The number of hydrogen-bond donors (Lipinski definition) is 0. The average molecular weight is 305 g/mol. The van der Waals surface area contributed by atoms with Gasteiger partial charge in [0.05, 0.1) is 12.7 Å². The summed E-state index contributed by atoms with van der Waals surface area (Å²) in [5, 5.41) is 0. The van der Waals surface area contributed by atoms with Crippen molar-refractivity contribution >= 4 is 21.5 Å². The standard InChI is InChI=1S/C16H17BrO/c1-11-6-9-15(18-10-11)16-13-5-3-2-4-12(13)7-8-14(16)17/h2-6,15H,7-10H2,1H3. The topological polar surface area (TPSA) is 9.23 Å². The lowest BCUT2D eigenvalue weighted by atomic mass is 9.86. The first kappa shape index (κ1) is 12.2. The van der Waals surface area contributed by atoms with Gasteiger partial charge in [-0.1, -0.05) is 51.8 Å². The molecule has 0 N–H and O–H groups in total. The number of allylic oxidation sites excluding steroid dienone is 1. The monoisotopic (exact) mass is 304 g/mol. The van der Waals surface area contributed by atoms with Crippen LogP contribution in [0, 0.1) is 0 Å². The van der Waals surface area contributed by atoms with E-state index in [4.69, 9.17) is 4.74 Å². The van der Waals surface area contributed by atoms with E-state index in [0.717, 1.165) is 25.9 Å². The molecule has 1 heterocycles. The summed E-state index contributed by atoms with van der Waals surface area (Å²) in [7, 11) is 0. The van der Waals surface area contributed by atoms with E-state index in [0.29, 0.717) is 0 Å². The van der Waals surface area contributed by atoms with E-state index in [9.17, 15) is 0 Å². The predicted molar refractivity (Wildman–Crippen MR) is 78.7 cm³/mol. The molecule has 0 radical (unpaired) electrons. The van der Waals surface area contributed by atoms with Crippen molar-refractivity contribution in [2.75, 3.05) is 6.61 Å². The van der Waals surface area contributed by atoms with Crippen LogP contribution in [0.4, 0.5) is 0 Å². The lowest BCUT2D eigenvalue weighted by Gasteiger charge is -2.29. The molecular weight excluding hydrogens is 288 g/mol. The molecule has 0 aromatic heterocycles. The summed E-state index contributed by atoms with van der Waals surface area (Å²) in [4.78, 5) is 0. The van der Waals surface area contributed by atoms with Gasteiger partial charge < -0.3 is 4.74 Å². The minimum absolute atomic E-state index is 0.213. The second-order valence-corrected chi connectivity index (χ2v) is 6.02. The van der Waals surface area contributed by atoms with E-state index in [1.54, 1.807) is 0 Å². The van der Waals surface area contributed by atoms with Gasteiger partial charge in [0, 0.05) is 4.48 Å². The highest BCUT2D eigenvalue weighted by atomic mass is 79.9.